The Balaban J connectivity index is 1.16. The Morgan fingerprint density at radius 2 is 1.98 bits per heavy atom. The standard InChI is InChI=1S/C34H39N9O3/c1-19(37-30(44)18-41-12-4-11-36-41)25-9-7-21-14-28(42(32(21)38-25)17-20-5-6-20)33-39-26-13-22(15-29(46-3)31(26)40(33)2)34(45)43-23-8-10-27(43)24(35)16-23/h4,7,9,11-15,19-20,23-24,27H,5-6,8,10,16-18,35H2,1-3H3,(H,37,44)/t19-,23+,24-,27-/m1/s1. The second kappa shape index (κ2) is 11.0. The highest BCUT2D eigenvalue weighted by molar-refractivity contribution is 6.00. The van der Waals surface area contributed by atoms with Gasteiger partial charge in [0.05, 0.1) is 30.1 Å². The normalized spacial score (nSPS) is 21.4. The van der Waals surface area contributed by atoms with Gasteiger partial charge in [-0.3, -0.25) is 14.3 Å². The van der Waals surface area contributed by atoms with Crippen LogP contribution in [0.1, 0.15) is 61.1 Å². The summed E-state index contributed by atoms with van der Waals surface area (Å²) in [4.78, 5) is 38.7. The van der Waals surface area contributed by atoms with Crippen LogP contribution in [0.25, 0.3) is 33.6 Å². The SMILES string of the molecule is COc1cc(C(=O)N2[C@H]3CC[C@@H]2[C@H](N)C3)cc2nc(-c3cc4ccc([C@@H](C)NC(=O)Cn5cccn5)nc4n3CC3CC3)n(C)c12. The van der Waals surface area contributed by atoms with Crippen molar-refractivity contribution < 1.29 is 14.3 Å². The molecule has 12 nitrogen and oxygen atoms in total. The van der Waals surface area contributed by atoms with Crippen LogP contribution in [0.3, 0.4) is 0 Å². The van der Waals surface area contributed by atoms with E-state index in [4.69, 9.17) is 20.4 Å². The Bertz CT molecular complexity index is 1970. The van der Waals surface area contributed by atoms with Gasteiger partial charge in [0.25, 0.3) is 5.91 Å². The third-order valence-electron chi connectivity index (χ3n) is 10.0. The van der Waals surface area contributed by atoms with Crippen LogP contribution in [0.2, 0.25) is 0 Å². The molecule has 2 saturated heterocycles. The highest BCUT2D eigenvalue weighted by Gasteiger charge is 2.47. The lowest BCUT2D eigenvalue weighted by Crippen LogP contribution is -2.40. The predicted molar refractivity (Wildman–Crippen MR) is 173 cm³/mol. The highest BCUT2D eigenvalue weighted by atomic mass is 16.5. The number of carbonyl (C=O) groups is 2. The molecule has 3 fully saturated rings. The number of nitrogens with one attached hydrogen (secondary N) is 1. The Hall–Kier alpha value is -4.71. The zero-order chi connectivity index (χ0) is 31.7. The van der Waals surface area contributed by atoms with Gasteiger partial charge in [0.2, 0.25) is 5.91 Å². The maximum atomic E-state index is 13.8. The predicted octanol–water partition coefficient (Wildman–Crippen LogP) is 3.79. The number of aryl methyl sites for hydroxylation is 1. The maximum Gasteiger partial charge on any atom is 0.254 e. The molecule has 6 heterocycles. The minimum atomic E-state index is -0.281. The lowest BCUT2D eigenvalue weighted by atomic mass is 9.97. The number of pyridine rings is 1. The first-order chi connectivity index (χ1) is 22.3. The van der Waals surface area contributed by atoms with Crippen LogP contribution in [0, 0.1) is 5.92 Å². The molecule has 12 heteroatoms. The molecule has 3 N–H and O–H groups in total. The summed E-state index contributed by atoms with van der Waals surface area (Å²) in [5.74, 6) is 1.85. The van der Waals surface area contributed by atoms with Crippen LogP contribution in [0.4, 0.5) is 0 Å². The monoisotopic (exact) mass is 621 g/mol. The summed E-state index contributed by atoms with van der Waals surface area (Å²) in [6.07, 6.45) is 8.62. The van der Waals surface area contributed by atoms with Crippen LogP contribution in [0.5, 0.6) is 5.75 Å². The van der Waals surface area contributed by atoms with Gasteiger partial charge in [0.1, 0.15) is 23.5 Å². The molecule has 2 bridgehead atoms. The van der Waals surface area contributed by atoms with Crippen molar-refractivity contribution in [2.75, 3.05) is 7.11 Å². The molecule has 0 radical (unpaired) electrons. The number of nitrogens with two attached hydrogens (primary N) is 1. The third-order valence-corrected chi connectivity index (χ3v) is 10.0. The van der Waals surface area contributed by atoms with E-state index >= 15 is 0 Å². The summed E-state index contributed by atoms with van der Waals surface area (Å²) >= 11 is 0. The number of methoxy groups -OCH3 is 1. The summed E-state index contributed by atoms with van der Waals surface area (Å²) in [6.45, 7) is 2.93. The molecule has 2 aliphatic heterocycles. The van der Waals surface area contributed by atoms with E-state index < -0.39 is 0 Å². The molecule has 238 valence electrons. The number of hydrogen-bond acceptors (Lipinski definition) is 7. The Morgan fingerprint density at radius 1 is 1.13 bits per heavy atom. The number of benzene rings is 1. The molecule has 1 aromatic carbocycles. The molecule has 4 aromatic heterocycles. The average Bonchev–Trinajstić information content (AvgIpc) is 3.42. The van der Waals surface area contributed by atoms with Gasteiger partial charge in [-0.25, -0.2) is 9.97 Å². The number of amides is 2. The molecule has 4 atom stereocenters. The third kappa shape index (κ3) is 4.82. The van der Waals surface area contributed by atoms with E-state index in [1.165, 1.54) is 12.8 Å². The van der Waals surface area contributed by atoms with E-state index in [-0.39, 0.29) is 42.5 Å². The van der Waals surface area contributed by atoms with Crippen LogP contribution in [0.15, 0.2) is 48.8 Å². The van der Waals surface area contributed by atoms with Gasteiger partial charge in [-0.1, -0.05) is 0 Å². The van der Waals surface area contributed by atoms with E-state index in [2.05, 4.69) is 31.7 Å². The number of imidazole rings is 1. The molecule has 0 spiro atoms. The smallest absolute Gasteiger partial charge is 0.254 e. The first kappa shape index (κ1) is 28.7. The largest absolute Gasteiger partial charge is 0.494 e. The number of nitrogens with zero attached hydrogens (tertiary/aromatic N) is 7. The fourth-order valence-electron chi connectivity index (χ4n) is 7.53. The van der Waals surface area contributed by atoms with Crippen LogP contribution < -0.4 is 15.8 Å². The molecule has 46 heavy (non-hydrogen) atoms. The quantitative estimate of drug-likeness (QED) is 0.255. The van der Waals surface area contributed by atoms with Gasteiger partial charge in [-0.05, 0) is 81.3 Å². The van der Waals surface area contributed by atoms with E-state index in [9.17, 15) is 9.59 Å². The van der Waals surface area contributed by atoms with Gasteiger partial charge >= 0.3 is 0 Å². The van der Waals surface area contributed by atoms with E-state index in [0.717, 1.165) is 59.6 Å². The molecule has 5 aromatic rings. The Morgan fingerprint density at radius 3 is 2.67 bits per heavy atom. The van der Waals surface area contributed by atoms with Gasteiger partial charge in [-0.15, -0.1) is 0 Å². The lowest BCUT2D eigenvalue weighted by molar-refractivity contribution is -0.122. The molecule has 8 rings (SSSR count). The van der Waals surface area contributed by atoms with E-state index in [0.29, 0.717) is 22.7 Å². The maximum absolute atomic E-state index is 13.8. The van der Waals surface area contributed by atoms with Crippen molar-refractivity contribution >= 4 is 33.9 Å². The second-order valence-electron chi connectivity index (χ2n) is 13.2. The van der Waals surface area contributed by atoms with Crippen molar-refractivity contribution in [2.45, 2.75) is 76.3 Å². The van der Waals surface area contributed by atoms with Crippen molar-refractivity contribution in [3.8, 4) is 17.3 Å². The van der Waals surface area contributed by atoms with Gasteiger partial charge in [0.15, 0.2) is 5.82 Å². The van der Waals surface area contributed by atoms with Crippen LogP contribution in [-0.2, 0) is 24.9 Å². The number of fused-ring (bicyclic) bond motifs is 4. The summed E-state index contributed by atoms with van der Waals surface area (Å²) in [7, 11) is 3.62. The number of hydrogen-bond donors (Lipinski definition) is 2. The van der Waals surface area contributed by atoms with Crippen LogP contribution in [-0.4, -0.2) is 70.8 Å². The first-order valence-corrected chi connectivity index (χ1v) is 16.2. The molecular weight excluding hydrogens is 582 g/mol. The van der Waals surface area contributed by atoms with E-state index in [1.807, 2.05) is 37.1 Å². The second-order valence-corrected chi connectivity index (χ2v) is 13.2. The number of aromatic nitrogens is 6. The molecule has 1 saturated carbocycles. The molecule has 0 unspecified atom stereocenters. The first-order valence-electron chi connectivity index (χ1n) is 16.2. The zero-order valence-electron chi connectivity index (χ0n) is 26.4. The van der Waals surface area contributed by atoms with Gasteiger partial charge in [-0.2, -0.15) is 5.10 Å². The number of ether oxygens (including phenoxy) is 1. The molecule has 3 aliphatic rings. The zero-order valence-corrected chi connectivity index (χ0v) is 26.4. The van der Waals surface area contributed by atoms with Crippen molar-refractivity contribution in [1.82, 2.24) is 39.1 Å². The lowest BCUT2D eigenvalue weighted by Gasteiger charge is -2.23. The summed E-state index contributed by atoms with van der Waals surface area (Å²) in [5.41, 5.74) is 11.1. The minimum Gasteiger partial charge on any atom is -0.494 e. The molecular formula is C34H39N9O3. The Kier molecular flexibility index (Phi) is 6.86. The van der Waals surface area contributed by atoms with Crippen LogP contribution >= 0.6 is 0 Å². The minimum absolute atomic E-state index is 0.00161. The van der Waals surface area contributed by atoms with Crippen molar-refractivity contribution in [2.24, 2.45) is 18.7 Å². The summed E-state index contributed by atoms with van der Waals surface area (Å²) < 4.78 is 11.8. The molecule has 1 aliphatic carbocycles. The van der Waals surface area contributed by atoms with Crippen molar-refractivity contribution in [1.29, 1.82) is 0 Å². The fourth-order valence-corrected chi connectivity index (χ4v) is 7.53. The van der Waals surface area contributed by atoms with Crippen molar-refractivity contribution in [3.63, 3.8) is 0 Å². The highest BCUT2D eigenvalue weighted by Crippen LogP contribution is 2.40. The summed E-state index contributed by atoms with van der Waals surface area (Å²) in [5, 5.41) is 8.19. The average molecular weight is 622 g/mol. The van der Waals surface area contributed by atoms with Gasteiger partial charge in [0, 0.05) is 55.1 Å². The fraction of sp³-hybridized carbons (Fsp3) is 0.441. The number of rotatable bonds is 9. The summed E-state index contributed by atoms with van der Waals surface area (Å²) in [6, 6.07) is 11.8. The topological polar surface area (TPSA) is 138 Å². The van der Waals surface area contributed by atoms with E-state index in [1.54, 1.807) is 30.3 Å². The Labute approximate surface area is 266 Å². The van der Waals surface area contributed by atoms with Crippen molar-refractivity contribution in [3.05, 3.63) is 60.0 Å². The van der Waals surface area contributed by atoms with Gasteiger partial charge < -0.3 is 29.8 Å². The molecule has 2 amide bonds. The number of carbonyl (C=O) groups excluding carboxylic acids is 2.